The summed E-state index contributed by atoms with van der Waals surface area (Å²) in [6.45, 7) is 0. The van der Waals surface area contributed by atoms with E-state index in [0.717, 1.165) is 15.1 Å². The van der Waals surface area contributed by atoms with Crippen LogP contribution < -0.4 is 10.9 Å². The molecule has 6 nitrogen and oxygen atoms in total. The Hall–Kier alpha value is -1.47. The number of nitriles is 1. The van der Waals surface area contributed by atoms with Crippen molar-refractivity contribution in [2.75, 3.05) is 5.32 Å². The number of halogens is 1. The lowest BCUT2D eigenvalue weighted by Crippen LogP contribution is -2.03. The van der Waals surface area contributed by atoms with Crippen LogP contribution in [0.1, 0.15) is 5.56 Å². The quantitative estimate of drug-likeness (QED) is 0.804. The van der Waals surface area contributed by atoms with Crippen molar-refractivity contribution in [3.05, 3.63) is 31.9 Å². The Morgan fingerprint density at radius 2 is 2.19 bits per heavy atom. The first-order valence-corrected chi connectivity index (χ1v) is 5.96. The van der Waals surface area contributed by atoms with Crippen LogP contribution in [-0.4, -0.2) is 14.3 Å². The van der Waals surface area contributed by atoms with Crippen LogP contribution in [0.4, 0.5) is 10.9 Å². The first kappa shape index (κ1) is 11.0. The number of rotatable bonds is 2. The molecule has 16 heavy (non-hydrogen) atoms. The first-order valence-electron chi connectivity index (χ1n) is 4.07. The van der Waals surface area contributed by atoms with Gasteiger partial charge in [0, 0.05) is 16.0 Å². The third-order valence-corrected chi connectivity index (χ3v) is 3.01. The summed E-state index contributed by atoms with van der Waals surface area (Å²) in [6.07, 6.45) is 3.27. The highest BCUT2D eigenvalue weighted by Crippen LogP contribution is 2.19. The molecule has 0 fully saturated rings. The van der Waals surface area contributed by atoms with E-state index in [2.05, 4.69) is 42.2 Å². The van der Waals surface area contributed by atoms with Crippen molar-refractivity contribution in [2.45, 2.75) is 0 Å². The zero-order chi connectivity index (χ0) is 11.5. The lowest BCUT2D eigenvalue weighted by molar-refractivity contribution is 1.15. The van der Waals surface area contributed by atoms with Crippen LogP contribution in [0.5, 0.6) is 0 Å². The van der Waals surface area contributed by atoms with Gasteiger partial charge in [-0.25, -0.2) is 9.97 Å². The van der Waals surface area contributed by atoms with Crippen LogP contribution in [0.3, 0.4) is 0 Å². The van der Waals surface area contributed by atoms with Crippen molar-refractivity contribution >= 4 is 45.1 Å². The number of nitrogens with zero attached hydrogens (tertiary/aromatic N) is 3. The molecule has 2 heterocycles. The van der Waals surface area contributed by atoms with Crippen molar-refractivity contribution in [3.8, 4) is 6.07 Å². The minimum atomic E-state index is -0.402. The number of nitrogens with one attached hydrogen (secondary N) is 2. The molecule has 2 aromatic heterocycles. The Kier molecular flexibility index (Phi) is 3.16. The van der Waals surface area contributed by atoms with Crippen molar-refractivity contribution in [1.29, 1.82) is 5.26 Å². The summed E-state index contributed by atoms with van der Waals surface area (Å²) in [5.74, 6) is 0.354. The molecule has 0 aliphatic carbocycles. The van der Waals surface area contributed by atoms with Gasteiger partial charge in [0.15, 0.2) is 5.56 Å². The summed E-state index contributed by atoms with van der Waals surface area (Å²) in [7, 11) is 0. The molecule has 8 heteroatoms. The fourth-order valence-electron chi connectivity index (χ4n) is 0.970. The number of aromatic nitrogens is 3. The van der Waals surface area contributed by atoms with Crippen LogP contribution in [0.25, 0.3) is 0 Å². The standard InChI is InChI=1S/C8H4IN5OS/c9-4-2-11-8(12-3-4)13-7-5(1-10)6(15)14-16-7/h2-3H,(H,14,15)(H,11,12,13). The van der Waals surface area contributed by atoms with Crippen LogP contribution in [-0.2, 0) is 0 Å². The Morgan fingerprint density at radius 3 is 2.81 bits per heavy atom. The molecule has 0 amide bonds. The van der Waals surface area contributed by atoms with Gasteiger partial charge in [-0.15, -0.1) is 0 Å². The predicted molar refractivity (Wildman–Crippen MR) is 67.7 cm³/mol. The van der Waals surface area contributed by atoms with E-state index >= 15 is 0 Å². The molecule has 2 aromatic rings. The summed E-state index contributed by atoms with van der Waals surface area (Å²) in [5, 5.41) is 12.0. The molecule has 80 valence electrons. The Labute approximate surface area is 108 Å². The summed E-state index contributed by atoms with van der Waals surface area (Å²) in [5.41, 5.74) is -0.354. The highest BCUT2D eigenvalue weighted by molar-refractivity contribution is 14.1. The third kappa shape index (κ3) is 2.20. The Morgan fingerprint density at radius 1 is 1.50 bits per heavy atom. The van der Waals surface area contributed by atoms with E-state index in [1.165, 1.54) is 0 Å². The van der Waals surface area contributed by atoms with E-state index in [1.54, 1.807) is 12.4 Å². The van der Waals surface area contributed by atoms with Gasteiger partial charge >= 0.3 is 0 Å². The number of H-pyrrole nitrogens is 1. The first-order chi connectivity index (χ1) is 7.70. The maximum absolute atomic E-state index is 11.2. The maximum Gasteiger partial charge on any atom is 0.278 e. The fraction of sp³-hybridized carbons (Fsp3) is 0. The van der Waals surface area contributed by atoms with Crippen molar-refractivity contribution < 1.29 is 0 Å². The molecule has 2 N–H and O–H groups in total. The molecule has 0 aliphatic heterocycles. The fourth-order valence-corrected chi connectivity index (χ4v) is 1.93. The van der Waals surface area contributed by atoms with E-state index in [4.69, 9.17) is 5.26 Å². The smallest absolute Gasteiger partial charge is 0.278 e. The molecule has 0 atom stereocenters. The molecule has 0 aromatic carbocycles. The summed E-state index contributed by atoms with van der Waals surface area (Å²) in [6, 6.07) is 1.82. The van der Waals surface area contributed by atoms with Gasteiger partial charge in [0.2, 0.25) is 5.95 Å². The van der Waals surface area contributed by atoms with Gasteiger partial charge in [0.1, 0.15) is 11.1 Å². The minimum Gasteiger partial charge on any atom is -0.313 e. The SMILES string of the molecule is N#Cc1c(Nc2ncc(I)cn2)s[nH]c1=O. The number of anilines is 2. The van der Waals surface area contributed by atoms with Gasteiger partial charge in [-0.3, -0.25) is 9.17 Å². The van der Waals surface area contributed by atoms with Gasteiger partial charge in [-0.1, -0.05) is 0 Å². The zero-order valence-electron chi connectivity index (χ0n) is 7.69. The summed E-state index contributed by atoms with van der Waals surface area (Å²) >= 11 is 3.13. The minimum absolute atomic E-state index is 0.0483. The topological polar surface area (TPSA) is 94.5 Å². The number of aromatic amines is 1. The molecule has 0 saturated heterocycles. The molecular formula is C8H4IN5OS. The molecular weight excluding hydrogens is 341 g/mol. The van der Waals surface area contributed by atoms with E-state index in [1.807, 2.05) is 6.07 Å². The normalized spacial score (nSPS) is 9.75. The number of hydrogen-bond donors (Lipinski definition) is 2. The molecule has 0 unspecified atom stereocenters. The van der Waals surface area contributed by atoms with E-state index in [9.17, 15) is 4.79 Å². The molecule has 2 rings (SSSR count). The number of hydrogen-bond acceptors (Lipinski definition) is 6. The van der Waals surface area contributed by atoms with E-state index < -0.39 is 5.56 Å². The van der Waals surface area contributed by atoms with E-state index in [0.29, 0.717) is 10.9 Å². The largest absolute Gasteiger partial charge is 0.313 e. The van der Waals surface area contributed by atoms with Crippen LogP contribution >= 0.6 is 34.1 Å². The Balaban J connectivity index is 2.31. The van der Waals surface area contributed by atoms with Crippen molar-refractivity contribution in [3.63, 3.8) is 0 Å². The summed E-state index contributed by atoms with van der Waals surface area (Å²) in [4.78, 5) is 19.2. The lowest BCUT2D eigenvalue weighted by atomic mass is 10.4. The predicted octanol–water partition coefficient (Wildman–Crippen LogP) is 1.45. The van der Waals surface area contributed by atoms with Gasteiger partial charge in [0.05, 0.1) is 0 Å². The molecule has 0 bridgehead atoms. The molecule has 0 saturated carbocycles. The van der Waals surface area contributed by atoms with Gasteiger partial charge < -0.3 is 5.32 Å². The molecule has 0 aliphatic rings. The second-order valence-electron chi connectivity index (χ2n) is 2.70. The zero-order valence-corrected chi connectivity index (χ0v) is 10.7. The Bertz CT molecular complexity index is 596. The molecule has 0 radical (unpaired) electrons. The molecule has 0 spiro atoms. The lowest BCUT2D eigenvalue weighted by Gasteiger charge is -2.00. The summed E-state index contributed by atoms with van der Waals surface area (Å²) < 4.78 is 3.37. The average Bonchev–Trinajstić information content (AvgIpc) is 2.63. The highest BCUT2D eigenvalue weighted by atomic mass is 127. The monoisotopic (exact) mass is 345 g/mol. The van der Waals surface area contributed by atoms with Gasteiger partial charge in [0.25, 0.3) is 5.56 Å². The average molecular weight is 345 g/mol. The van der Waals surface area contributed by atoms with Crippen molar-refractivity contribution in [1.82, 2.24) is 14.3 Å². The second-order valence-corrected chi connectivity index (χ2v) is 4.76. The van der Waals surface area contributed by atoms with Crippen molar-refractivity contribution in [2.24, 2.45) is 0 Å². The van der Waals surface area contributed by atoms with Crippen LogP contribution in [0.2, 0.25) is 0 Å². The third-order valence-electron chi connectivity index (χ3n) is 1.66. The van der Waals surface area contributed by atoms with Crippen LogP contribution in [0.15, 0.2) is 17.2 Å². The van der Waals surface area contributed by atoms with Gasteiger partial charge in [-0.2, -0.15) is 5.26 Å². The van der Waals surface area contributed by atoms with E-state index in [-0.39, 0.29) is 5.56 Å². The maximum atomic E-state index is 11.2. The van der Waals surface area contributed by atoms with Crippen LogP contribution in [0, 0.1) is 14.9 Å². The second kappa shape index (κ2) is 4.58. The highest BCUT2D eigenvalue weighted by Gasteiger charge is 2.10. The van der Waals surface area contributed by atoms with Gasteiger partial charge in [-0.05, 0) is 34.1 Å².